The highest BCUT2D eigenvalue weighted by molar-refractivity contribution is 6.30. The third kappa shape index (κ3) is 3.40. The first kappa shape index (κ1) is 15.2. The van der Waals surface area contributed by atoms with Crippen molar-refractivity contribution in [3.63, 3.8) is 0 Å². The van der Waals surface area contributed by atoms with Gasteiger partial charge in [-0.1, -0.05) is 23.7 Å². The number of carbonyl (C=O) groups is 1. The molecular formula is C15H12ClFN4O2. The van der Waals surface area contributed by atoms with Gasteiger partial charge < -0.3 is 5.32 Å². The van der Waals surface area contributed by atoms with Gasteiger partial charge in [-0.3, -0.25) is 4.79 Å². The lowest BCUT2D eigenvalue weighted by atomic mass is 10.2. The van der Waals surface area contributed by atoms with E-state index < -0.39 is 11.5 Å². The van der Waals surface area contributed by atoms with Crippen molar-refractivity contribution in [3.05, 3.63) is 69.5 Å². The molecule has 1 aromatic carbocycles. The fourth-order valence-electron chi connectivity index (χ4n) is 2.09. The quantitative estimate of drug-likeness (QED) is 0.788. The topological polar surface area (TPSA) is 68.4 Å². The molecule has 0 aliphatic heterocycles. The molecule has 0 aliphatic rings. The molecule has 1 amide bonds. The molecule has 0 fully saturated rings. The number of benzene rings is 1. The highest BCUT2D eigenvalue weighted by Gasteiger charge is 2.11. The van der Waals surface area contributed by atoms with Gasteiger partial charge in [-0.25, -0.2) is 18.3 Å². The van der Waals surface area contributed by atoms with Crippen LogP contribution < -0.4 is 11.0 Å². The number of carbonyl (C=O) groups excluding carboxylic acids is 1. The Balaban J connectivity index is 1.69. The Bertz CT molecular complexity index is 917. The third-order valence-electron chi connectivity index (χ3n) is 3.24. The summed E-state index contributed by atoms with van der Waals surface area (Å²) in [6, 6.07) is 9.62. The maximum atomic E-state index is 13.1. The fraction of sp³-hybridized carbons (Fsp3) is 0.133. The van der Waals surface area contributed by atoms with E-state index in [1.54, 1.807) is 24.3 Å². The fourth-order valence-corrected chi connectivity index (χ4v) is 2.22. The first-order valence-corrected chi connectivity index (χ1v) is 7.16. The summed E-state index contributed by atoms with van der Waals surface area (Å²) in [5, 5.41) is 7.28. The van der Waals surface area contributed by atoms with Gasteiger partial charge >= 0.3 is 5.69 Å². The minimum absolute atomic E-state index is 0.240. The molecule has 3 aromatic rings. The number of nitrogens with zero attached hydrogens (tertiary/aromatic N) is 3. The van der Waals surface area contributed by atoms with E-state index in [1.807, 2.05) is 0 Å². The van der Waals surface area contributed by atoms with Crippen LogP contribution in [0, 0.1) is 5.82 Å². The van der Waals surface area contributed by atoms with E-state index in [4.69, 9.17) is 11.6 Å². The average Bonchev–Trinajstić information content (AvgIpc) is 2.83. The van der Waals surface area contributed by atoms with Gasteiger partial charge in [0, 0.05) is 11.6 Å². The van der Waals surface area contributed by atoms with Crippen LogP contribution in [0.15, 0.2) is 47.4 Å². The second-order valence-corrected chi connectivity index (χ2v) is 5.36. The van der Waals surface area contributed by atoms with Crippen molar-refractivity contribution < 1.29 is 9.18 Å². The molecule has 0 spiro atoms. The normalized spacial score (nSPS) is 10.9. The molecule has 0 unspecified atom stereocenters. The Kier molecular flexibility index (Phi) is 4.12. The predicted molar refractivity (Wildman–Crippen MR) is 82.7 cm³/mol. The Morgan fingerprint density at radius 2 is 1.96 bits per heavy atom. The number of rotatable bonds is 4. The van der Waals surface area contributed by atoms with Crippen molar-refractivity contribution in [2.75, 3.05) is 0 Å². The van der Waals surface area contributed by atoms with Crippen molar-refractivity contribution in [2.45, 2.75) is 13.1 Å². The van der Waals surface area contributed by atoms with Crippen LogP contribution in [-0.4, -0.2) is 20.1 Å². The van der Waals surface area contributed by atoms with E-state index in [1.165, 1.54) is 12.1 Å². The second-order valence-electron chi connectivity index (χ2n) is 4.92. The Labute approximate surface area is 135 Å². The number of hydrogen-bond donors (Lipinski definition) is 1. The molecule has 0 bridgehead atoms. The largest absolute Gasteiger partial charge is 0.350 e. The van der Waals surface area contributed by atoms with Gasteiger partial charge in [0.15, 0.2) is 5.65 Å². The second kappa shape index (κ2) is 6.21. The summed E-state index contributed by atoms with van der Waals surface area (Å²) in [7, 11) is 0. The zero-order valence-electron chi connectivity index (χ0n) is 11.9. The summed E-state index contributed by atoms with van der Waals surface area (Å²) in [4.78, 5) is 24.0. The van der Waals surface area contributed by atoms with Crippen LogP contribution in [-0.2, 0) is 17.9 Å². The van der Waals surface area contributed by atoms with Crippen molar-refractivity contribution >= 4 is 23.2 Å². The molecule has 23 heavy (non-hydrogen) atoms. The maximum Gasteiger partial charge on any atom is 0.350 e. The van der Waals surface area contributed by atoms with Gasteiger partial charge in [0.05, 0.1) is 6.20 Å². The number of nitrogens with one attached hydrogen (secondary N) is 1. The molecule has 0 saturated heterocycles. The maximum absolute atomic E-state index is 13.1. The predicted octanol–water partition coefficient (Wildman–Crippen LogP) is 1.60. The highest BCUT2D eigenvalue weighted by Crippen LogP contribution is 2.09. The van der Waals surface area contributed by atoms with Gasteiger partial charge in [0.1, 0.15) is 12.4 Å². The molecule has 118 valence electrons. The van der Waals surface area contributed by atoms with E-state index in [2.05, 4.69) is 10.4 Å². The minimum atomic E-state index is -0.568. The van der Waals surface area contributed by atoms with Gasteiger partial charge in [0.2, 0.25) is 5.91 Å². The van der Waals surface area contributed by atoms with Crippen molar-refractivity contribution in [2.24, 2.45) is 0 Å². The molecular weight excluding hydrogens is 323 g/mol. The Morgan fingerprint density at radius 3 is 2.70 bits per heavy atom. The van der Waals surface area contributed by atoms with E-state index in [9.17, 15) is 14.0 Å². The Hall–Kier alpha value is -2.67. The summed E-state index contributed by atoms with van der Waals surface area (Å²) in [6.07, 6.45) is 1.03. The van der Waals surface area contributed by atoms with Crippen molar-refractivity contribution in [1.82, 2.24) is 19.5 Å². The minimum Gasteiger partial charge on any atom is -0.350 e. The van der Waals surface area contributed by atoms with Crippen LogP contribution in [0.4, 0.5) is 4.39 Å². The van der Waals surface area contributed by atoms with Gasteiger partial charge in [-0.05, 0) is 29.8 Å². The standard InChI is InChI=1S/C15H12ClFN4O2/c16-11-3-1-10(2-4-11)7-18-14(22)9-21-15(23)20-8-12(17)5-6-13(20)19-21/h1-6,8H,7,9H2,(H,18,22). The van der Waals surface area contributed by atoms with E-state index in [0.717, 1.165) is 20.8 Å². The SMILES string of the molecule is O=C(Cn1nc2ccc(F)cn2c1=O)NCc1ccc(Cl)cc1. The lowest BCUT2D eigenvalue weighted by Crippen LogP contribution is -2.32. The van der Waals surface area contributed by atoms with Gasteiger partial charge in [-0.15, -0.1) is 5.10 Å². The number of pyridine rings is 1. The smallest absolute Gasteiger partial charge is 0.350 e. The zero-order chi connectivity index (χ0) is 16.4. The number of halogens is 2. The van der Waals surface area contributed by atoms with Crippen molar-refractivity contribution in [3.8, 4) is 0 Å². The molecule has 2 aromatic heterocycles. The summed E-state index contributed by atoms with van der Waals surface area (Å²) in [5.41, 5.74) is 0.593. The Morgan fingerprint density at radius 1 is 1.22 bits per heavy atom. The van der Waals surface area contributed by atoms with Crippen LogP contribution >= 0.6 is 11.6 Å². The number of aromatic nitrogens is 3. The number of fused-ring (bicyclic) bond motifs is 1. The van der Waals surface area contributed by atoms with Crippen LogP contribution in [0.3, 0.4) is 0 Å². The average molecular weight is 335 g/mol. The summed E-state index contributed by atoms with van der Waals surface area (Å²) in [6.45, 7) is 0.0719. The van der Waals surface area contributed by atoms with Crippen LogP contribution in [0.2, 0.25) is 5.02 Å². The van der Waals surface area contributed by atoms with Gasteiger partial charge in [0.25, 0.3) is 0 Å². The van der Waals surface area contributed by atoms with E-state index >= 15 is 0 Å². The first-order chi connectivity index (χ1) is 11.0. The molecule has 0 aliphatic carbocycles. The monoisotopic (exact) mass is 334 g/mol. The molecule has 6 nitrogen and oxygen atoms in total. The summed E-state index contributed by atoms with van der Waals surface area (Å²) >= 11 is 5.79. The molecule has 1 N–H and O–H groups in total. The van der Waals surface area contributed by atoms with Crippen molar-refractivity contribution in [1.29, 1.82) is 0 Å². The molecule has 0 radical (unpaired) electrons. The first-order valence-electron chi connectivity index (χ1n) is 6.79. The molecule has 0 atom stereocenters. The molecule has 0 saturated carbocycles. The van der Waals surface area contributed by atoms with Crippen LogP contribution in [0.25, 0.3) is 5.65 Å². The number of hydrogen-bond acceptors (Lipinski definition) is 3. The third-order valence-corrected chi connectivity index (χ3v) is 3.49. The van der Waals surface area contributed by atoms with Crippen LogP contribution in [0.1, 0.15) is 5.56 Å². The van der Waals surface area contributed by atoms with E-state index in [0.29, 0.717) is 11.6 Å². The van der Waals surface area contributed by atoms with E-state index in [-0.39, 0.29) is 18.1 Å². The summed E-state index contributed by atoms with van der Waals surface area (Å²) in [5.74, 6) is -0.919. The molecule has 3 rings (SSSR count). The van der Waals surface area contributed by atoms with Gasteiger partial charge in [-0.2, -0.15) is 0 Å². The summed E-state index contributed by atoms with van der Waals surface area (Å²) < 4.78 is 15.2. The lowest BCUT2D eigenvalue weighted by molar-refractivity contribution is -0.122. The molecule has 2 heterocycles. The highest BCUT2D eigenvalue weighted by atomic mass is 35.5. The van der Waals surface area contributed by atoms with Crippen LogP contribution in [0.5, 0.6) is 0 Å². The molecule has 8 heteroatoms. The lowest BCUT2D eigenvalue weighted by Gasteiger charge is -2.05. The number of amides is 1. The zero-order valence-corrected chi connectivity index (χ0v) is 12.6.